The maximum Gasteiger partial charge on any atom is 0.236 e. The topological polar surface area (TPSA) is 30.7 Å². The molecule has 0 unspecified atom stereocenters. The van der Waals surface area contributed by atoms with E-state index in [1.807, 2.05) is 0 Å². The van der Waals surface area contributed by atoms with Crippen molar-refractivity contribution >= 4 is 54.1 Å². The standard InChI is InChI=1S/C37H25N3S/c1-37(2)29-16-7-5-12-24(29)25-14-9-15-27(33(25)37)34-28-20-21-41-35(28)39-36(38-34)40-30-17-8-6-13-26(30)32-23-11-4-3-10-22(23)18-19-31(32)40/h3-21H,1-2H3. The average molecular weight is 544 g/mol. The molecule has 1 aliphatic carbocycles. The first-order valence-corrected chi connectivity index (χ1v) is 14.9. The van der Waals surface area contributed by atoms with E-state index < -0.39 is 0 Å². The van der Waals surface area contributed by atoms with Crippen LogP contribution in [-0.4, -0.2) is 14.5 Å². The summed E-state index contributed by atoms with van der Waals surface area (Å²) in [6, 6.07) is 39.4. The molecule has 0 spiro atoms. The summed E-state index contributed by atoms with van der Waals surface area (Å²) < 4.78 is 2.25. The first kappa shape index (κ1) is 23.0. The molecule has 9 rings (SSSR count). The van der Waals surface area contributed by atoms with E-state index in [0.29, 0.717) is 5.95 Å². The summed E-state index contributed by atoms with van der Waals surface area (Å²) in [5.74, 6) is 0.711. The number of para-hydroxylation sites is 1. The number of rotatable bonds is 2. The van der Waals surface area contributed by atoms with E-state index >= 15 is 0 Å². The minimum atomic E-state index is -0.137. The van der Waals surface area contributed by atoms with Gasteiger partial charge in [-0.25, -0.2) is 9.97 Å². The minimum Gasteiger partial charge on any atom is -0.278 e. The second kappa shape index (κ2) is 8.12. The fourth-order valence-corrected chi connectivity index (χ4v) is 7.91. The average Bonchev–Trinajstić information content (AvgIpc) is 3.68. The summed E-state index contributed by atoms with van der Waals surface area (Å²) >= 11 is 1.68. The second-order valence-electron chi connectivity index (χ2n) is 11.4. The predicted octanol–water partition coefficient (Wildman–Crippen LogP) is 9.91. The molecule has 5 aromatic carbocycles. The highest BCUT2D eigenvalue weighted by molar-refractivity contribution is 7.16. The van der Waals surface area contributed by atoms with Crippen LogP contribution in [0.2, 0.25) is 0 Å². The SMILES string of the molecule is CC1(C)c2ccccc2-c2cccc(-c3nc(-n4c5ccccc5c5c6ccccc6ccc54)nc4sccc34)c21. The molecule has 0 amide bonds. The normalized spacial score (nSPS) is 13.8. The third-order valence-electron chi connectivity index (χ3n) is 8.91. The lowest BCUT2D eigenvalue weighted by molar-refractivity contribution is 0.662. The molecular weight excluding hydrogens is 518 g/mol. The fraction of sp³-hybridized carbons (Fsp3) is 0.0811. The van der Waals surface area contributed by atoms with Gasteiger partial charge in [0.2, 0.25) is 5.95 Å². The quantitative estimate of drug-likeness (QED) is 0.217. The van der Waals surface area contributed by atoms with Crippen molar-refractivity contribution in [2.24, 2.45) is 0 Å². The highest BCUT2D eigenvalue weighted by Gasteiger charge is 2.38. The van der Waals surface area contributed by atoms with E-state index in [1.54, 1.807) is 11.3 Å². The smallest absolute Gasteiger partial charge is 0.236 e. The van der Waals surface area contributed by atoms with Crippen molar-refractivity contribution in [1.29, 1.82) is 0 Å². The molecule has 3 nitrogen and oxygen atoms in total. The first-order valence-electron chi connectivity index (χ1n) is 14.0. The number of hydrogen-bond donors (Lipinski definition) is 0. The molecule has 0 aliphatic heterocycles. The van der Waals surface area contributed by atoms with Crippen LogP contribution >= 0.6 is 11.3 Å². The van der Waals surface area contributed by atoms with Crippen molar-refractivity contribution in [3.63, 3.8) is 0 Å². The van der Waals surface area contributed by atoms with Gasteiger partial charge in [-0.05, 0) is 56.6 Å². The Hall–Kier alpha value is -4.80. The van der Waals surface area contributed by atoms with E-state index in [2.05, 4.69) is 133 Å². The summed E-state index contributed by atoms with van der Waals surface area (Å²) in [5, 5.41) is 8.18. The third kappa shape index (κ3) is 3.03. The molecular formula is C37H25N3S. The Kier molecular flexibility index (Phi) is 4.55. The first-order chi connectivity index (χ1) is 20.1. The summed E-state index contributed by atoms with van der Waals surface area (Å²) in [6.45, 7) is 4.68. The zero-order valence-electron chi connectivity index (χ0n) is 22.7. The molecule has 0 fully saturated rings. The van der Waals surface area contributed by atoms with Crippen molar-refractivity contribution in [1.82, 2.24) is 14.5 Å². The van der Waals surface area contributed by atoms with Crippen molar-refractivity contribution in [2.75, 3.05) is 0 Å². The number of fused-ring (bicyclic) bond motifs is 9. The number of hydrogen-bond acceptors (Lipinski definition) is 3. The Morgan fingerprint density at radius 1 is 0.610 bits per heavy atom. The molecule has 1 aliphatic rings. The molecule has 41 heavy (non-hydrogen) atoms. The monoisotopic (exact) mass is 543 g/mol. The zero-order chi connectivity index (χ0) is 27.3. The molecule has 0 N–H and O–H groups in total. The summed E-state index contributed by atoms with van der Waals surface area (Å²) in [4.78, 5) is 11.6. The zero-order valence-corrected chi connectivity index (χ0v) is 23.5. The summed E-state index contributed by atoms with van der Waals surface area (Å²) in [5.41, 5.74) is 9.61. The molecule has 0 bridgehead atoms. The van der Waals surface area contributed by atoms with Crippen LogP contribution in [0.5, 0.6) is 0 Å². The van der Waals surface area contributed by atoms with Crippen LogP contribution in [0.4, 0.5) is 0 Å². The third-order valence-corrected chi connectivity index (χ3v) is 9.72. The van der Waals surface area contributed by atoms with Crippen molar-refractivity contribution in [2.45, 2.75) is 19.3 Å². The van der Waals surface area contributed by atoms with E-state index in [1.165, 1.54) is 49.4 Å². The molecule has 0 saturated carbocycles. The molecule has 8 aromatic rings. The number of benzene rings is 5. The van der Waals surface area contributed by atoms with Crippen molar-refractivity contribution < 1.29 is 0 Å². The molecule has 194 valence electrons. The molecule has 0 radical (unpaired) electrons. The van der Waals surface area contributed by atoms with E-state index in [-0.39, 0.29) is 5.41 Å². The van der Waals surface area contributed by atoms with E-state index in [0.717, 1.165) is 26.9 Å². The van der Waals surface area contributed by atoms with Crippen LogP contribution in [-0.2, 0) is 5.41 Å². The van der Waals surface area contributed by atoms with Crippen molar-refractivity contribution in [3.05, 3.63) is 126 Å². The van der Waals surface area contributed by atoms with Crippen LogP contribution in [0.25, 0.3) is 71.1 Å². The lowest BCUT2D eigenvalue weighted by Crippen LogP contribution is -2.16. The summed E-state index contributed by atoms with van der Waals surface area (Å²) in [6.07, 6.45) is 0. The van der Waals surface area contributed by atoms with Gasteiger partial charge >= 0.3 is 0 Å². The van der Waals surface area contributed by atoms with Gasteiger partial charge < -0.3 is 0 Å². The lowest BCUT2D eigenvalue weighted by atomic mass is 9.79. The number of thiophene rings is 1. The van der Waals surface area contributed by atoms with Crippen LogP contribution < -0.4 is 0 Å². The van der Waals surface area contributed by atoms with Gasteiger partial charge in [0.1, 0.15) is 4.83 Å². The maximum absolute atomic E-state index is 5.43. The van der Waals surface area contributed by atoms with Crippen LogP contribution in [0.3, 0.4) is 0 Å². The maximum atomic E-state index is 5.43. The van der Waals surface area contributed by atoms with Gasteiger partial charge in [0.15, 0.2) is 0 Å². The molecule has 0 saturated heterocycles. The Labute approximate surface area is 241 Å². The van der Waals surface area contributed by atoms with Crippen LogP contribution in [0, 0.1) is 0 Å². The summed E-state index contributed by atoms with van der Waals surface area (Å²) in [7, 11) is 0. The minimum absolute atomic E-state index is 0.137. The number of aromatic nitrogens is 3. The second-order valence-corrected chi connectivity index (χ2v) is 12.3. The molecule has 3 heterocycles. The van der Waals surface area contributed by atoms with Gasteiger partial charge in [0, 0.05) is 27.1 Å². The van der Waals surface area contributed by atoms with Gasteiger partial charge in [-0.15, -0.1) is 11.3 Å². The molecule has 3 aromatic heterocycles. The molecule has 0 atom stereocenters. The molecule has 4 heteroatoms. The highest BCUT2D eigenvalue weighted by Crippen LogP contribution is 2.52. The van der Waals surface area contributed by atoms with Gasteiger partial charge in [0.25, 0.3) is 0 Å². The Balaban J connectivity index is 1.38. The predicted molar refractivity (Wildman–Crippen MR) is 172 cm³/mol. The van der Waals surface area contributed by atoms with E-state index in [9.17, 15) is 0 Å². The largest absolute Gasteiger partial charge is 0.278 e. The Morgan fingerprint density at radius 2 is 1.37 bits per heavy atom. The van der Waals surface area contributed by atoms with Gasteiger partial charge in [-0.1, -0.05) is 105 Å². The Morgan fingerprint density at radius 3 is 2.29 bits per heavy atom. The van der Waals surface area contributed by atoms with Crippen molar-refractivity contribution in [3.8, 4) is 28.3 Å². The fourth-order valence-electron chi connectivity index (χ4n) is 7.15. The van der Waals surface area contributed by atoms with Crippen LogP contribution in [0.1, 0.15) is 25.0 Å². The number of nitrogens with zero attached hydrogens (tertiary/aromatic N) is 3. The lowest BCUT2D eigenvalue weighted by Gasteiger charge is -2.24. The van der Waals surface area contributed by atoms with Crippen LogP contribution in [0.15, 0.2) is 115 Å². The van der Waals surface area contributed by atoms with Gasteiger partial charge in [-0.3, -0.25) is 4.57 Å². The Bertz CT molecular complexity index is 2350. The van der Waals surface area contributed by atoms with Gasteiger partial charge in [-0.2, -0.15) is 0 Å². The highest BCUT2D eigenvalue weighted by atomic mass is 32.1. The van der Waals surface area contributed by atoms with Gasteiger partial charge in [0.05, 0.1) is 16.7 Å². The van der Waals surface area contributed by atoms with E-state index in [4.69, 9.17) is 9.97 Å².